The van der Waals surface area contributed by atoms with Gasteiger partial charge < -0.3 is 5.32 Å². The van der Waals surface area contributed by atoms with E-state index in [2.05, 4.69) is 25.3 Å². The number of hydrogen-bond donors (Lipinski definition) is 1. The van der Waals surface area contributed by atoms with Crippen LogP contribution >= 0.6 is 0 Å². The minimum atomic E-state index is 0.00871. The summed E-state index contributed by atoms with van der Waals surface area (Å²) in [5.41, 5.74) is 0.740. The van der Waals surface area contributed by atoms with Crippen molar-refractivity contribution in [3.8, 4) is 0 Å². The lowest BCUT2D eigenvalue weighted by Gasteiger charge is -2.32. The molecule has 116 valence electrons. The van der Waals surface area contributed by atoms with Crippen molar-refractivity contribution in [1.29, 1.82) is 0 Å². The van der Waals surface area contributed by atoms with Crippen LogP contribution in [0.4, 0.5) is 5.69 Å². The van der Waals surface area contributed by atoms with Gasteiger partial charge in [0.1, 0.15) is 12.7 Å². The number of aromatic nitrogens is 4. The van der Waals surface area contributed by atoms with Gasteiger partial charge in [-0.3, -0.25) is 19.4 Å². The molecule has 3 heterocycles. The molecule has 1 saturated heterocycles. The Labute approximate surface area is 129 Å². The molecule has 2 aromatic heterocycles. The highest BCUT2D eigenvalue weighted by atomic mass is 16.2. The normalized spacial score (nSPS) is 19.0. The van der Waals surface area contributed by atoms with Crippen molar-refractivity contribution in [3.05, 3.63) is 37.2 Å². The van der Waals surface area contributed by atoms with Crippen LogP contribution in [-0.2, 0) is 11.3 Å². The number of piperidine rings is 1. The van der Waals surface area contributed by atoms with E-state index in [1.165, 1.54) is 6.42 Å². The zero-order valence-electron chi connectivity index (χ0n) is 12.4. The van der Waals surface area contributed by atoms with Gasteiger partial charge in [-0.05, 0) is 37.4 Å². The third-order valence-corrected chi connectivity index (χ3v) is 3.83. The number of nitrogens with one attached hydrogen (secondary N) is 1. The van der Waals surface area contributed by atoms with Gasteiger partial charge in [-0.25, -0.2) is 4.98 Å². The minimum Gasteiger partial charge on any atom is -0.324 e. The lowest BCUT2D eigenvalue weighted by molar-refractivity contribution is -0.117. The first-order valence-electron chi connectivity index (χ1n) is 7.54. The number of rotatable bonds is 5. The molecule has 0 radical (unpaired) electrons. The molecule has 0 aliphatic carbocycles. The van der Waals surface area contributed by atoms with E-state index in [-0.39, 0.29) is 5.91 Å². The van der Waals surface area contributed by atoms with Crippen LogP contribution in [0, 0.1) is 5.92 Å². The molecule has 0 saturated carbocycles. The zero-order chi connectivity index (χ0) is 15.2. The van der Waals surface area contributed by atoms with Crippen molar-refractivity contribution < 1.29 is 4.79 Å². The van der Waals surface area contributed by atoms with Crippen LogP contribution in [0.15, 0.2) is 37.2 Å². The average molecular weight is 300 g/mol. The summed E-state index contributed by atoms with van der Waals surface area (Å²) in [6.07, 6.45) is 8.92. The van der Waals surface area contributed by atoms with Crippen LogP contribution in [-0.4, -0.2) is 50.2 Å². The van der Waals surface area contributed by atoms with Crippen LogP contribution in [0.25, 0.3) is 0 Å². The first-order chi connectivity index (χ1) is 10.8. The van der Waals surface area contributed by atoms with Gasteiger partial charge in [-0.15, -0.1) is 0 Å². The van der Waals surface area contributed by atoms with Crippen LogP contribution in [0.2, 0.25) is 0 Å². The molecule has 1 aliphatic rings. The molecule has 0 unspecified atom stereocenters. The Balaban J connectivity index is 1.48. The molecule has 0 bridgehead atoms. The summed E-state index contributed by atoms with van der Waals surface area (Å²) < 4.78 is 1.86. The molecule has 3 rings (SSSR count). The standard InChI is InChI=1S/C15H20N6O/c22-15(19-14-4-1-5-16-7-14)10-20-6-2-3-13(8-20)9-21-12-17-11-18-21/h1,4-5,7,11-13H,2-3,6,8-10H2,(H,19,22)/t13-/m0/s1. The number of likely N-dealkylation sites (tertiary alicyclic amines) is 1. The van der Waals surface area contributed by atoms with E-state index < -0.39 is 0 Å². The molecule has 1 atom stereocenters. The highest BCUT2D eigenvalue weighted by Gasteiger charge is 2.22. The van der Waals surface area contributed by atoms with Crippen LogP contribution < -0.4 is 5.32 Å². The van der Waals surface area contributed by atoms with Gasteiger partial charge >= 0.3 is 0 Å². The second kappa shape index (κ2) is 7.13. The summed E-state index contributed by atoms with van der Waals surface area (Å²) >= 11 is 0. The fourth-order valence-corrected chi connectivity index (χ4v) is 2.88. The number of carbonyl (C=O) groups excluding carboxylic acids is 1. The monoisotopic (exact) mass is 300 g/mol. The van der Waals surface area contributed by atoms with Crippen molar-refractivity contribution in [3.63, 3.8) is 0 Å². The van der Waals surface area contributed by atoms with Crippen LogP contribution in [0.3, 0.4) is 0 Å². The Morgan fingerprint density at radius 1 is 1.41 bits per heavy atom. The van der Waals surface area contributed by atoms with Crippen molar-refractivity contribution in [2.45, 2.75) is 19.4 Å². The highest BCUT2D eigenvalue weighted by Crippen LogP contribution is 2.17. The molecular formula is C15H20N6O. The minimum absolute atomic E-state index is 0.00871. The predicted molar refractivity (Wildman–Crippen MR) is 82.1 cm³/mol. The van der Waals surface area contributed by atoms with Gasteiger partial charge in [0.05, 0.1) is 18.4 Å². The number of carbonyl (C=O) groups is 1. The fourth-order valence-electron chi connectivity index (χ4n) is 2.88. The third-order valence-electron chi connectivity index (χ3n) is 3.83. The SMILES string of the molecule is O=C(CN1CCC[C@H](Cn2cncn2)C1)Nc1cccnc1. The summed E-state index contributed by atoms with van der Waals surface area (Å²) in [7, 11) is 0. The molecule has 2 aromatic rings. The van der Waals surface area contributed by atoms with Crippen molar-refractivity contribution in [2.75, 3.05) is 25.0 Å². The van der Waals surface area contributed by atoms with Gasteiger partial charge in [0.25, 0.3) is 0 Å². The van der Waals surface area contributed by atoms with Crippen molar-refractivity contribution >= 4 is 11.6 Å². The van der Waals surface area contributed by atoms with Crippen LogP contribution in [0.1, 0.15) is 12.8 Å². The largest absolute Gasteiger partial charge is 0.324 e. The predicted octanol–water partition coefficient (Wildman–Crippen LogP) is 1.02. The van der Waals surface area contributed by atoms with E-state index in [9.17, 15) is 4.79 Å². The van der Waals surface area contributed by atoms with E-state index in [1.54, 1.807) is 25.0 Å². The zero-order valence-corrected chi connectivity index (χ0v) is 12.4. The second-order valence-corrected chi connectivity index (χ2v) is 5.65. The maximum atomic E-state index is 12.1. The molecule has 22 heavy (non-hydrogen) atoms. The summed E-state index contributed by atoms with van der Waals surface area (Å²) in [5, 5.41) is 7.03. The molecule has 7 nitrogen and oxygen atoms in total. The smallest absolute Gasteiger partial charge is 0.238 e. The second-order valence-electron chi connectivity index (χ2n) is 5.65. The van der Waals surface area contributed by atoms with Crippen molar-refractivity contribution in [1.82, 2.24) is 24.6 Å². The summed E-state index contributed by atoms with van der Waals surface area (Å²) in [6.45, 7) is 3.16. The Morgan fingerprint density at radius 2 is 2.36 bits per heavy atom. The fraction of sp³-hybridized carbons (Fsp3) is 0.467. The van der Waals surface area contributed by atoms with Gasteiger partial charge in [-0.1, -0.05) is 0 Å². The summed E-state index contributed by atoms with van der Waals surface area (Å²) in [5.74, 6) is 0.524. The van der Waals surface area contributed by atoms with E-state index in [0.29, 0.717) is 12.5 Å². The number of nitrogens with zero attached hydrogens (tertiary/aromatic N) is 5. The first-order valence-corrected chi connectivity index (χ1v) is 7.54. The van der Waals surface area contributed by atoms with Crippen molar-refractivity contribution in [2.24, 2.45) is 5.92 Å². The highest BCUT2D eigenvalue weighted by molar-refractivity contribution is 5.92. The third kappa shape index (κ3) is 4.11. The number of pyridine rings is 1. The van der Waals surface area contributed by atoms with Gasteiger partial charge in [0.15, 0.2) is 0 Å². The molecule has 1 aliphatic heterocycles. The first kappa shape index (κ1) is 14.6. The number of anilines is 1. The molecule has 0 spiro atoms. The summed E-state index contributed by atoms with van der Waals surface area (Å²) in [4.78, 5) is 22.3. The van der Waals surface area contributed by atoms with Gasteiger partial charge in [0, 0.05) is 19.3 Å². The molecule has 1 amide bonds. The maximum absolute atomic E-state index is 12.1. The van der Waals surface area contributed by atoms with E-state index in [0.717, 1.165) is 31.7 Å². The van der Waals surface area contributed by atoms with E-state index >= 15 is 0 Å². The Morgan fingerprint density at radius 3 is 3.14 bits per heavy atom. The lowest BCUT2D eigenvalue weighted by atomic mass is 9.98. The quantitative estimate of drug-likeness (QED) is 0.892. The lowest BCUT2D eigenvalue weighted by Crippen LogP contribution is -2.41. The van der Waals surface area contributed by atoms with Gasteiger partial charge in [0.2, 0.25) is 5.91 Å². The summed E-state index contributed by atoms with van der Waals surface area (Å²) in [6, 6.07) is 3.65. The molecular weight excluding hydrogens is 280 g/mol. The molecule has 0 aromatic carbocycles. The Bertz CT molecular complexity index is 585. The average Bonchev–Trinajstić information content (AvgIpc) is 3.01. The van der Waals surface area contributed by atoms with E-state index in [1.807, 2.05) is 16.8 Å². The van der Waals surface area contributed by atoms with E-state index in [4.69, 9.17) is 0 Å². The number of amides is 1. The molecule has 7 heteroatoms. The van der Waals surface area contributed by atoms with Crippen LogP contribution in [0.5, 0.6) is 0 Å². The number of hydrogen-bond acceptors (Lipinski definition) is 5. The maximum Gasteiger partial charge on any atom is 0.238 e. The topological polar surface area (TPSA) is 75.9 Å². The Hall–Kier alpha value is -2.28. The Kier molecular flexibility index (Phi) is 4.75. The van der Waals surface area contributed by atoms with Gasteiger partial charge in [-0.2, -0.15) is 5.10 Å². The molecule has 1 fully saturated rings. The molecule has 1 N–H and O–H groups in total.